The highest BCUT2D eigenvalue weighted by molar-refractivity contribution is 5.51. The van der Waals surface area contributed by atoms with E-state index in [0.717, 1.165) is 30.9 Å². The molecule has 0 saturated carbocycles. The van der Waals surface area contributed by atoms with Gasteiger partial charge < -0.3 is 10.7 Å². The molecule has 0 amide bonds. The Hall–Kier alpha value is -2.08. The first-order valence-corrected chi connectivity index (χ1v) is 6.36. The molecular formula is C13H20N6. The first kappa shape index (κ1) is 13.4. The van der Waals surface area contributed by atoms with Crippen molar-refractivity contribution in [3.8, 4) is 0 Å². The molecule has 0 saturated heterocycles. The second-order valence-corrected chi connectivity index (χ2v) is 4.50. The van der Waals surface area contributed by atoms with Crippen molar-refractivity contribution in [3.05, 3.63) is 35.8 Å². The fourth-order valence-corrected chi connectivity index (χ4v) is 1.98. The van der Waals surface area contributed by atoms with Gasteiger partial charge in [0.1, 0.15) is 5.82 Å². The monoisotopic (exact) mass is 260 g/mol. The summed E-state index contributed by atoms with van der Waals surface area (Å²) in [6.07, 6.45) is 2.73. The van der Waals surface area contributed by atoms with E-state index in [9.17, 15) is 0 Å². The predicted molar refractivity (Wildman–Crippen MR) is 76.9 cm³/mol. The van der Waals surface area contributed by atoms with Gasteiger partial charge >= 0.3 is 0 Å². The number of aromatic nitrogens is 3. The molecule has 0 atom stereocenters. The molecule has 2 aromatic heterocycles. The van der Waals surface area contributed by atoms with Gasteiger partial charge in [-0.15, -0.1) is 0 Å². The Balaban J connectivity index is 1.79. The van der Waals surface area contributed by atoms with Crippen LogP contribution < -0.4 is 16.6 Å². The highest BCUT2D eigenvalue weighted by Gasteiger charge is 2.00. The quantitative estimate of drug-likeness (QED) is 0.418. The van der Waals surface area contributed by atoms with Crippen LogP contribution in [-0.2, 0) is 6.54 Å². The van der Waals surface area contributed by atoms with Gasteiger partial charge in [0, 0.05) is 36.7 Å². The zero-order valence-corrected chi connectivity index (χ0v) is 11.3. The van der Waals surface area contributed by atoms with E-state index in [1.54, 1.807) is 6.20 Å². The lowest BCUT2D eigenvalue weighted by Gasteiger charge is -2.08. The first-order chi connectivity index (χ1) is 9.19. The minimum atomic E-state index is 0.656. The normalized spacial score (nSPS) is 10.5. The van der Waals surface area contributed by atoms with Crippen LogP contribution in [0.25, 0.3) is 0 Å². The zero-order chi connectivity index (χ0) is 13.7. The Kier molecular flexibility index (Phi) is 4.35. The van der Waals surface area contributed by atoms with Crippen LogP contribution in [0.3, 0.4) is 0 Å². The molecule has 102 valence electrons. The summed E-state index contributed by atoms with van der Waals surface area (Å²) >= 11 is 0. The number of nitrogens with two attached hydrogens (primary N) is 1. The number of hydrogen-bond acceptors (Lipinski definition) is 5. The minimum absolute atomic E-state index is 0.656. The topological polar surface area (TPSA) is 80.8 Å². The molecule has 0 radical (unpaired) electrons. The molecule has 2 rings (SSSR count). The number of hydrogen-bond donors (Lipinski definition) is 3. The standard InChI is InChI=1S/C13H20N6/c1-10-8-11(2)19(18-10)7-3-5-15-12-4-6-16-13(9-12)17-14/h4,6,8-9H,3,5,7,14H2,1-2H3,(H2,15,16,17). The van der Waals surface area contributed by atoms with Gasteiger partial charge in [0.25, 0.3) is 0 Å². The average molecular weight is 260 g/mol. The summed E-state index contributed by atoms with van der Waals surface area (Å²) in [7, 11) is 0. The number of rotatable bonds is 6. The molecule has 6 heteroatoms. The molecule has 0 fully saturated rings. The summed E-state index contributed by atoms with van der Waals surface area (Å²) < 4.78 is 2.04. The average Bonchev–Trinajstić information content (AvgIpc) is 2.73. The lowest BCUT2D eigenvalue weighted by molar-refractivity contribution is 0.574. The molecule has 0 aliphatic heterocycles. The Morgan fingerprint density at radius 2 is 2.16 bits per heavy atom. The van der Waals surface area contributed by atoms with Crippen LogP contribution in [0.4, 0.5) is 11.5 Å². The van der Waals surface area contributed by atoms with E-state index in [0.29, 0.717) is 5.82 Å². The number of nitrogen functional groups attached to an aromatic ring is 1. The van der Waals surface area contributed by atoms with Crippen LogP contribution in [0.15, 0.2) is 24.4 Å². The van der Waals surface area contributed by atoms with Gasteiger partial charge in [0.15, 0.2) is 0 Å². The SMILES string of the molecule is Cc1cc(C)n(CCCNc2ccnc(NN)c2)n1. The van der Waals surface area contributed by atoms with Crippen molar-refractivity contribution in [1.29, 1.82) is 0 Å². The van der Waals surface area contributed by atoms with Gasteiger partial charge in [-0.3, -0.25) is 4.68 Å². The number of nitrogens with one attached hydrogen (secondary N) is 2. The highest BCUT2D eigenvalue weighted by atomic mass is 15.3. The van der Waals surface area contributed by atoms with E-state index in [-0.39, 0.29) is 0 Å². The van der Waals surface area contributed by atoms with E-state index in [2.05, 4.69) is 33.8 Å². The Bertz CT molecular complexity index is 534. The number of aryl methyl sites for hydroxylation is 3. The molecule has 6 nitrogen and oxygen atoms in total. The Morgan fingerprint density at radius 1 is 1.32 bits per heavy atom. The van der Waals surface area contributed by atoms with E-state index >= 15 is 0 Å². The number of anilines is 2. The fraction of sp³-hybridized carbons (Fsp3) is 0.385. The molecule has 4 N–H and O–H groups in total. The summed E-state index contributed by atoms with van der Waals surface area (Å²) in [5.41, 5.74) is 5.81. The third kappa shape index (κ3) is 3.69. The summed E-state index contributed by atoms with van der Waals surface area (Å²) in [5.74, 6) is 5.97. The molecule has 0 aromatic carbocycles. The minimum Gasteiger partial charge on any atom is -0.385 e. The van der Waals surface area contributed by atoms with Crippen LogP contribution in [0, 0.1) is 13.8 Å². The van der Waals surface area contributed by atoms with Crippen LogP contribution in [0.2, 0.25) is 0 Å². The second-order valence-electron chi connectivity index (χ2n) is 4.50. The number of pyridine rings is 1. The van der Waals surface area contributed by atoms with Gasteiger partial charge in [-0.05, 0) is 32.4 Å². The molecular weight excluding hydrogens is 240 g/mol. The smallest absolute Gasteiger partial charge is 0.141 e. The van der Waals surface area contributed by atoms with Crippen molar-refractivity contribution in [3.63, 3.8) is 0 Å². The Morgan fingerprint density at radius 3 is 2.84 bits per heavy atom. The number of hydrazine groups is 1. The maximum Gasteiger partial charge on any atom is 0.141 e. The predicted octanol–water partition coefficient (Wildman–Crippen LogP) is 1.68. The molecule has 0 aliphatic rings. The number of nitrogens with zero attached hydrogens (tertiary/aromatic N) is 3. The van der Waals surface area contributed by atoms with Gasteiger partial charge in [-0.1, -0.05) is 0 Å². The van der Waals surface area contributed by atoms with E-state index in [4.69, 9.17) is 5.84 Å². The zero-order valence-electron chi connectivity index (χ0n) is 11.3. The molecule has 2 aromatic rings. The summed E-state index contributed by atoms with van der Waals surface area (Å²) in [4.78, 5) is 4.06. The van der Waals surface area contributed by atoms with Crippen LogP contribution in [0.5, 0.6) is 0 Å². The van der Waals surface area contributed by atoms with Crippen LogP contribution in [-0.4, -0.2) is 21.3 Å². The maximum atomic E-state index is 5.32. The van der Waals surface area contributed by atoms with E-state index < -0.39 is 0 Å². The van der Waals surface area contributed by atoms with Gasteiger partial charge in [0.2, 0.25) is 0 Å². The second kappa shape index (κ2) is 6.19. The third-order valence-corrected chi connectivity index (χ3v) is 2.89. The van der Waals surface area contributed by atoms with Gasteiger partial charge in [-0.25, -0.2) is 10.8 Å². The van der Waals surface area contributed by atoms with Crippen molar-refractivity contribution >= 4 is 11.5 Å². The van der Waals surface area contributed by atoms with E-state index in [1.165, 1.54) is 5.69 Å². The third-order valence-electron chi connectivity index (χ3n) is 2.89. The molecule has 0 aliphatic carbocycles. The summed E-state index contributed by atoms with van der Waals surface area (Å²) in [6, 6.07) is 5.89. The van der Waals surface area contributed by atoms with Crippen molar-refractivity contribution < 1.29 is 0 Å². The fourth-order valence-electron chi connectivity index (χ4n) is 1.98. The molecule has 0 unspecified atom stereocenters. The first-order valence-electron chi connectivity index (χ1n) is 6.36. The van der Waals surface area contributed by atoms with E-state index in [1.807, 2.05) is 23.7 Å². The maximum absolute atomic E-state index is 5.32. The largest absolute Gasteiger partial charge is 0.385 e. The molecule has 0 spiro atoms. The highest BCUT2D eigenvalue weighted by Crippen LogP contribution is 2.10. The van der Waals surface area contributed by atoms with Crippen molar-refractivity contribution in [2.45, 2.75) is 26.8 Å². The van der Waals surface area contributed by atoms with Gasteiger partial charge in [-0.2, -0.15) is 5.10 Å². The molecule has 2 heterocycles. The molecule has 19 heavy (non-hydrogen) atoms. The lowest BCUT2D eigenvalue weighted by atomic mass is 10.3. The molecule has 0 bridgehead atoms. The van der Waals surface area contributed by atoms with Gasteiger partial charge in [0.05, 0.1) is 5.69 Å². The lowest BCUT2D eigenvalue weighted by Crippen LogP contribution is -2.11. The van der Waals surface area contributed by atoms with Crippen molar-refractivity contribution in [2.75, 3.05) is 17.3 Å². The van der Waals surface area contributed by atoms with Crippen LogP contribution in [0.1, 0.15) is 17.8 Å². The summed E-state index contributed by atoms with van der Waals surface area (Å²) in [6.45, 7) is 5.89. The Labute approximate surface area is 113 Å². The van der Waals surface area contributed by atoms with Crippen molar-refractivity contribution in [1.82, 2.24) is 14.8 Å². The van der Waals surface area contributed by atoms with Crippen LogP contribution >= 0.6 is 0 Å². The summed E-state index contributed by atoms with van der Waals surface area (Å²) in [5, 5.41) is 7.77. The van der Waals surface area contributed by atoms with Crippen molar-refractivity contribution in [2.24, 2.45) is 5.84 Å².